The van der Waals surface area contributed by atoms with E-state index in [1.54, 1.807) is 0 Å². The highest BCUT2D eigenvalue weighted by molar-refractivity contribution is 5.72. The lowest BCUT2D eigenvalue weighted by Gasteiger charge is -2.15. The molecule has 0 spiro atoms. The van der Waals surface area contributed by atoms with Gasteiger partial charge in [0, 0.05) is 6.42 Å². The fourth-order valence-corrected chi connectivity index (χ4v) is 3.20. The SMILES string of the molecule is CCCCCCC(CCCC)C(=O)OCCCCCCCCCC(=O)O. The van der Waals surface area contributed by atoms with Gasteiger partial charge in [-0.05, 0) is 25.7 Å². The van der Waals surface area contributed by atoms with Crippen LogP contribution in [0, 0.1) is 5.92 Å². The third-order valence-electron chi connectivity index (χ3n) is 4.92. The molecule has 0 bridgehead atoms. The number of carboxylic acid groups (broad SMARTS) is 1. The Kier molecular flexibility index (Phi) is 18.0. The highest BCUT2D eigenvalue weighted by Crippen LogP contribution is 2.19. The van der Waals surface area contributed by atoms with E-state index in [0.29, 0.717) is 6.61 Å². The minimum atomic E-state index is -0.700. The summed E-state index contributed by atoms with van der Waals surface area (Å²) in [6.45, 7) is 4.93. The Hall–Kier alpha value is -1.06. The van der Waals surface area contributed by atoms with Crippen LogP contribution in [0.1, 0.15) is 117 Å². The number of aliphatic carboxylic acids is 1. The van der Waals surface area contributed by atoms with Crippen LogP contribution in [0.4, 0.5) is 0 Å². The minimum absolute atomic E-state index is 0.0172. The monoisotopic (exact) mass is 370 g/mol. The molecular formula is C22H42O4. The first-order valence-electron chi connectivity index (χ1n) is 11.0. The lowest BCUT2D eigenvalue weighted by Crippen LogP contribution is -2.18. The van der Waals surface area contributed by atoms with Gasteiger partial charge in [-0.25, -0.2) is 0 Å². The lowest BCUT2D eigenvalue weighted by molar-refractivity contribution is -0.149. The molecule has 1 N–H and O–H groups in total. The van der Waals surface area contributed by atoms with Crippen LogP contribution < -0.4 is 0 Å². The highest BCUT2D eigenvalue weighted by atomic mass is 16.5. The quantitative estimate of drug-likeness (QED) is 0.208. The fraction of sp³-hybridized carbons (Fsp3) is 0.909. The van der Waals surface area contributed by atoms with Crippen LogP contribution in [0.2, 0.25) is 0 Å². The van der Waals surface area contributed by atoms with E-state index in [-0.39, 0.29) is 18.3 Å². The first kappa shape index (κ1) is 24.9. The summed E-state index contributed by atoms with van der Waals surface area (Å²) in [5.74, 6) is -0.584. The molecule has 0 radical (unpaired) electrons. The Balaban J connectivity index is 3.68. The van der Waals surface area contributed by atoms with E-state index in [1.807, 2.05) is 0 Å². The summed E-state index contributed by atoms with van der Waals surface area (Å²) in [6, 6.07) is 0. The summed E-state index contributed by atoms with van der Waals surface area (Å²) in [5.41, 5.74) is 0. The molecule has 0 fully saturated rings. The summed E-state index contributed by atoms with van der Waals surface area (Å²) >= 11 is 0. The van der Waals surface area contributed by atoms with Crippen LogP contribution in [0.3, 0.4) is 0 Å². The van der Waals surface area contributed by atoms with Crippen molar-refractivity contribution in [2.45, 2.75) is 117 Å². The van der Waals surface area contributed by atoms with Crippen LogP contribution in [0.5, 0.6) is 0 Å². The Bertz CT molecular complexity index is 341. The summed E-state index contributed by atoms with van der Waals surface area (Å²) in [5, 5.41) is 8.58. The molecule has 26 heavy (non-hydrogen) atoms. The summed E-state index contributed by atoms with van der Waals surface area (Å²) in [7, 11) is 0. The third-order valence-corrected chi connectivity index (χ3v) is 4.92. The molecule has 1 atom stereocenters. The van der Waals surface area contributed by atoms with Gasteiger partial charge >= 0.3 is 11.9 Å². The topological polar surface area (TPSA) is 63.6 Å². The van der Waals surface area contributed by atoms with E-state index >= 15 is 0 Å². The largest absolute Gasteiger partial charge is 0.481 e. The molecule has 0 aromatic carbocycles. The molecule has 0 aliphatic rings. The van der Waals surface area contributed by atoms with Crippen LogP contribution in [-0.4, -0.2) is 23.7 Å². The number of carbonyl (C=O) groups is 2. The number of hydrogen-bond donors (Lipinski definition) is 1. The first-order chi connectivity index (χ1) is 12.6. The molecule has 0 saturated carbocycles. The van der Waals surface area contributed by atoms with E-state index in [4.69, 9.17) is 9.84 Å². The number of carboxylic acids is 1. The molecule has 0 aromatic rings. The van der Waals surface area contributed by atoms with E-state index in [9.17, 15) is 9.59 Å². The number of esters is 1. The van der Waals surface area contributed by atoms with Gasteiger partial charge in [0.1, 0.15) is 0 Å². The van der Waals surface area contributed by atoms with Gasteiger partial charge in [0.15, 0.2) is 0 Å². The number of hydrogen-bond acceptors (Lipinski definition) is 3. The molecular weight excluding hydrogens is 328 g/mol. The molecule has 0 aliphatic heterocycles. The number of unbranched alkanes of at least 4 members (excludes halogenated alkanes) is 10. The van der Waals surface area contributed by atoms with Gasteiger partial charge in [-0.1, -0.05) is 84.5 Å². The molecule has 1 unspecified atom stereocenters. The van der Waals surface area contributed by atoms with Gasteiger partial charge < -0.3 is 9.84 Å². The van der Waals surface area contributed by atoms with Crippen molar-refractivity contribution in [3.63, 3.8) is 0 Å². The average Bonchev–Trinajstić information content (AvgIpc) is 2.62. The molecule has 0 saturated heterocycles. The van der Waals surface area contributed by atoms with Crippen LogP contribution in [0.25, 0.3) is 0 Å². The molecule has 4 heteroatoms. The van der Waals surface area contributed by atoms with Gasteiger partial charge in [-0.2, -0.15) is 0 Å². The zero-order valence-electron chi connectivity index (χ0n) is 17.3. The van der Waals surface area contributed by atoms with Gasteiger partial charge in [0.2, 0.25) is 0 Å². The predicted octanol–water partition coefficient (Wildman–Crippen LogP) is 6.51. The second-order valence-corrected chi connectivity index (χ2v) is 7.47. The molecule has 0 amide bonds. The fourth-order valence-electron chi connectivity index (χ4n) is 3.20. The van der Waals surface area contributed by atoms with Crippen molar-refractivity contribution in [3.8, 4) is 0 Å². The van der Waals surface area contributed by atoms with E-state index < -0.39 is 5.97 Å². The standard InChI is InChI=1S/C22H42O4/c1-3-5-7-13-17-20(16-6-4-2)22(25)26-19-15-12-10-8-9-11-14-18-21(23)24/h20H,3-19H2,1-2H3,(H,23,24). The second kappa shape index (κ2) is 18.7. The van der Waals surface area contributed by atoms with Crippen molar-refractivity contribution in [1.82, 2.24) is 0 Å². The Morgan fingerprint density at radius 2 is 1.27 bits per heavy atom. The van der Waals surface area contributed by atoms with Gasteiger partial charge in [-0.3, -0.25) is 9.59 Å². The number of rotatable bonds is 19. The van der Waals surface area contributed by atoms with Crippen LogP contribution in [-0.2, 0) is 14.3 Å². The van der Waals surface area contributed by atoms with E-state index in [0.717, 1.165) is 77.0 Å². The van der Waals surface area contributed by atoms with Gasteiger partial charge in [0.05, 0.1) is 12.5 Å². The molecule has 4 nitrogen and oxygen atoms in total. The normalized spacial score (nSPS) is 12.1. The Labute approximate surface area is 161 Å². The maximum absolute atomic E-state index is 12.3. The van der Waals surface area contributed by atoms with Crippen LogP contribution >= 0.6 is 0 Å². The molecule has 0 rings (SSSR count). The molecule has 0 heterocycles. The van der Waals surface area contributed by atoms with Crippen molar-refractivity contribution in [1.29, 1.82) is 0 Å². The average molecular weight is 371 g/mol. The zero-order chi connectivity index (χ0) is 19.5. The molecule has 0 aromatic heterocycles. The maximum Gasteiger partial charge on any atom is 0.308 e. The highest BCUT2D eigenvalue weighted by Gasteiger charge is 2.18. The number of ether oxygens (including phenoxy) is 1. The summed E-state index contributed by atoms with van der Waals surface area (Å²) in [4.78, 5) is 22.7. The van der Waals surface area contributed by atoms with Crippen molar-refractivity contribution in [3.05, 3.63) is 0 Å². The number of carbonyl (C=O) groups excluding carboxylic acids is 1. The maximum atomic E-state index is 12.3. The smallest absolute Gasteiger partial charge is 0.308 e. The van der Waals surface area contributed by atoms with Gasteiger partial charge in [-0.15, -0.1) is 0 Å². The van der Waals surface area contributed by atoms with Gasteiger partial charge in [0.25, 0.3) is 0 Å². The van der Waals surface area contributed by atoms with Crippen molar-refractivity contribution in [2.75, 3.05) is 6.61 Å². The Morgan fingerprint density at radius 1 is 0.731 bits per heavy atom. The van der Waals surface area contributed by atoms with E-state index in [2.05, 4.69) is 13.8 Å². The summed E-state index contributed by atoms with van der Waals surface area (Å²) in [6.07, 6.45) is 16.5. The first-order valence-corrected chi connectivity index (χ1v) is 11.0. The van der Waals surface area contributed by atoms with Crippen molar-refractivity contribution < 1.29 is 19.4 Å². The second-order valence-electron chi connectivity index (χ2n) is 7.47. The van der Waals surface area contributed by atoms with Crippen LogP contribution in [0.15, 0.2) is 0 Å². The van der Waals surface area contributed by atoms with E-state index in [1.165, 1.54) is 19.3 Å². The van der Waals surface area contributed by atoms with Crippen molar-refractivity contribution >= 4 is 11.9 Å². The Morgan fingerprint density at radius 3 is 1.88 bits per heavy atom. The molecule has 0 aliphatic carbocycles. The predicted molar refractivity (Wildman–Crippen MR) is 107 cm³/mol. The molecule has 154 valence electrons. The summed E-state index contributed by atoms with van der Waals surface area (Å²) < 4.78 is 5.53. The van der Waals surface area contributed by atoms with Crippen molar-refractivity contribution in [2.24, 2.45) is 5.92 Å². The minimum Gasteiger partial charge on any atom is -0.481 e. The zero-order valence-corrected chi connectivity index (χ0v) is 17.3. The third kappa shape index (κ3) is 16.4. The lowest BCUT2D eigenvalue weighted by atomic mass is 9.95.